The number of carbonyl (C=O) groups excluding carboxylic acids is 1. The van der Waals surface area contributed by atoms with Gasteiger partial charge in [0.25, 0.3) is 0 Å². The van der Waals surface area contributed by atoms with Crippen molar-refractivity contribution in [3.63, 3.8) is 0 Å². The second kappa shape index (κ2) is 7.94. The average Bonchev–Trinajstić information content (AvgIpc) is 2.54. The fourth-order valence-corrected chi connectivity index (χ4v) is 3.08. The van der Waals surface area contributed by atoms with Gasteiger partial charge in [-0.2, -0.15) is 0 Å². The topological polar surface area (TPSA) is 75.6 Å². The molecule has 1 saturated carbocycles. The second-order valence-electron chi connectivity index (χ2n) is 5.76. The number of hydrogen-bond donors (Lipinski definition) is 2. The van der Waals surface area contributed by atoms with Crippen LogP contribution in [0.4, 0.5) is 0 Å². The summed E-state index contributed by atoms with van der Waals surface area (Å²) in [6.07, 6.45) is 3.05. The summed E-state index contributed by atoms with van der Waals surface area (Å²) >= 11 is 0. The van der Waals surface area contributed by atoms with E-state index >= 15 is 0 Å². The molecule has 0 saturated heterocycles. The molecule has 22 heavy (non-hydrogen) atoms. The molecular formula is C17H23NO4. The summed E-state index contributed by atoms with van der Waals surface area (Å²) in [6.45, 7) is 0.897. The van der Waals surface area contributed by atoms with Gasteiger partial charge in [-0.3, -0.25) is 9.59 Å². The van der Waals surface area contributed by atoms with Crippen molar-refractivity contribution in [2.24, 2.45) is 11.8 Å². The maximum absolute atomic E-state index is 12.3. The van der Waals surface area contributed by atoms with Crippen molar-refractivity contribution >= 4 is 11.9 Å². The van der Waals surface area contributed by atoms with Crippen LogP contribution in [-0.2, 0) is 27.5 Å². The molecule has 1 aliphatic carbocycles. The van der Waals surface area contributed by atoms with Gasteiger partial charge in [-0.15, -0.1) is 0 Å². The lowest BCUT2D eigenvalue weighted by molar-refractivity contribution is -0.148. The van der Waals surface area contributed by atoms with Gasteiger partial charge in [0.05, 0.1) is 18.4 Å². The van der Waals surface area contributed by atoms with Crippen LogP contribution in [0.15, 0.2) is 24.3 Å². The highest BCUT2D eigenvalue weighted by molar-refractivity contribution is 5.84. The number of aliphatic carboxylic acids is 1. The smallest absolute Gasteiger partial charge is 0.307 e. The van der Waals surface area contributed by atoms with Gasteiger partial charge in [0.1, 0.15) is 0 Å². The lowest BCUT2D eigenvalue weighted by Crippen LogP contribution is -2.39. The van der Waals surface area contributed by atoms with E-state index in [9.17, 15) is 14.7 Å². The molecule has 0 radical (unpaired) electrons. The van der Waals surface area contributed by atoms with Gasteiger partial charge in [-0.25, -0.2) is 0 Å². The van der Waals surface area contributed by atoms with Gasteiger partial charge in [0.2, 0.25) is 5.91 Å². The van der Waals surface area contributed by atoms with E-state index in [1.807, 2.05) is 24.3 Å². The molecule has 1 amide bonds. The van der Waals surface area contributed by atoms with E-state index in [1.165, 1.54) is 0 Å². The summed E-state index contributed by atoms with van der Waals surface area (Å²) in [6, 6.07) is 7.76. The van der Waals surface area contributed by atoms with Gasteiger partial charge in [-0.05, 0) is 24.0 Å². The Labute approximate surface area is 130 Å². The fraction of sp³-hybridized carbons (Fsp3) is 0.529. The average molecular weight is 305 g/mol. The van der Waals surface area contributed by atoms with Crippen LogP contribution < -0.4 is 5.32 Å². The number of carbonyl (C=O) groups is 2. The van der Waals surface area contributed by atoms with E-state index in [2.05, 4.69) is 5.32 Å². The molecule has 5 heteroatoms. The van der Waals surface area contributed by atoms with Gasteiger partial charge < -0.3 is 15.2 Å². The Morgan fingerprint density at radius 3 is 2.45 bits per heavy atom. The molecule has 0 spiro atoms. The number of carboxylic acid groups (broad SMARTS) is 1. The van der Waals surface area contributed by atoms with E-state index in [0.717, 1.165) is 24.0 Å². The van der Waals surface area contributed by atoms with Crippen LogP contribution in [0.3, 0.4) is 0 Å². The molecule has 0 bridgehead atoms. The van der Waals surface area contributed by atoms with Crippen LogP contribution >= 0.6 is 0 Å². The Balaban J connectivity index is 1.98. The molecule has 2 atom stereocenters. The number of rotatable bonds is 6. The van der Waals surface area contributed by atoms with E-state index in [1.54, 1.807) is 7.11 Å². The van der Waals surface area contributed by atoms with E-state index < -0.39 is 17.8 Å². The molecule has 120 valence electrons. The summed E-state index contributed by atoms with van der Waals surface area (Å²) in [5.74, 6) is -1.98. The number of carboxylic acids is 1. The lowest BCUT2D eigenvalue weighted by Gasteiger charge is -2.27. The Hall–Kier alpha value is -1.88. The largest absolute Gasteiger partial charge is 0.481 e. The Bertz CT molecular complexity index is 529. The minimum Gasteiger partial charge on any atom is -0.481 e. The summed E-state index contributed by atoms with van der Waals surface area (Å²) in [4.78, 5) is 23.6. The molecule has 0 unspecified atom stereocenters. The normalized spacial score (nSPS) is 21.3. The van der Waals surface area contributed by atoms with Gasteiger partial charge in [0.15, 0.2) is 0 Å². The van der Waals surface area contributed by atoms with Gasteiger partial charge in [0, 0.05) is 13.7 Å². The second-order valence-corrected chi connectivity index (χ2v) is 5.76. The van der Waals surface area contributed by atoms with Crippen molar-refractivity contribution in [3.8, 4) is 0 Å². The zero-order valence-electron chi connectivity index (χ0n) is 12.9. The van der Waals surface area contributed by atoms with Crippen molar-refractivity contribution in [1.29, 1.82) is 0 Å². The first-order chi connectivity index (χ1) is 10.6. The fourth-order valence-electron chi connectivity index (χ4n) is 3.08. The van der Waals surface area contributed by atoms with Crippen LogP contribution in [0.25, 0.3) is 0 Å². The molecule has 2 rings (SSSR count). The predicted octanol–water partition coefficient (Wildman–Crippen LogP) is 2.34. The number of benzene rings is 1. The van der Waals surface area contributed by atoms with E-state index in [0.29, 0.717) is 26.0 Å². The van der Waals surface area contributed by atoms with Crippen LogP contribution in [-0.4, -0.2) is 24.1 Å². The number of nitrogens with one attached hydrogen (secondary N) is 1. The Morgan fingerprint density at radius 2 is 1.82 bits per heavy atom. The highest BCUT2D eigenvalue weighted by Crippen LogP contribution is 2.30. The molecule has 1 aliphatic rings. The molecule has 1 aromatic carbocycles. The maximum atomic E-state index is 12.3. The minimum absolute atomic E-state index is 0.153. The molecule has 0 heterocycles. The molecular weight excluding hydrogens is 282 g/mol. The van der Waals surface area contributed by atoms with Crippen LogP contribution in [0.2, 0.25) is 0 Å². The first-order valence-corrected chi connectivity index (χ1v) is 7.69. The summed E-state index contributed by atoms with van der Waals surface area (Å²) in [5.41, 5.74) is 2.03. The SMILES string of the molecule is COCc1ccccc1CNC(=O)[C@H]1CCCC[C@@H]1C(=O)O. The lowest BCUT2D eigenvalue weighted by atomic mass is 9.78. The summed E-state index contributed by atoms with van der Waals surface area (Å²) < 4.78 is 5.15. The minimum atomic E-state index is -0.861. The molecule has 1 fully saturated rings. The van der Waals surface area contributed by atoms with Gasteiger partial charge in [-0.1, -0.05) is 37.1 Å². The monoisotopic (exact) mass is 305 g/mol. The molecule has 5 nitrogen and oxygen atoms in total. The molecule has 2 N–H and O–H groups in total. The van der Waals surface area contributed by atoms with Gasteiger partial charge >= 0.3 is 5.97 Å². The number of hydrogen-bond acceptors (Lipinski definition) is 3. The highest BCUT2D eigenvalue weighted by Gasteiger charge is 2.35. The van der Waals surface area contributed by atoms with Crippen LogP contribution in [0.5, 0.6) is 0 Å². The zero-order chi connectivity index (χ0) is 15.9. The summed E-state index contributed by atoms with van der Waals surface area (Å²) in [5, 5.41) is 12.2. The van der Waals surface area contributed by atoms with Crippen molar-refractivity contribution in [3.05, 3.63) is 35.4 Å². The molecule has 1 aromatic rings. The highest BCUT2D eigenvalue weighted by atomic mass is 16.5. The molecule has 0 aliphatic heterocycles. The van der Waals surface area contributed by atoms with Crippen molar-refractivity contribution < 1.29 is 19.4 Å². The number of ether oxygens (including phenoxy) is 1. The Kier molecular flexibility index (Phi) is 5.95. The third kappa shape index (κ3) is 4.07. The van der Waals surface area contributed by atoms with Crippen LogP contribution in [0, 0.1) is 11.8 Å². The standard InChI is InChI=1S/C17H23NO4/c1-22-11-13-7-3-2-6-12(13)10-18-16(19)14-8-4-5-9-15(14)17(20)21/h2-3,6-7,14-15H,4-5,8-11H2,1H3,(H,18,19)(H,20,21)/t14-,15-/m0/s1. The Morgan fingerprint density at radius 1 is 1.18 bits per heavy atom. The van der Waals surface area contributed by atoms with E-state index in [4.69, 9.17) is 4.74 Å². The third-order valence-corrected chi connectivity index (χ3v) is 4.29. The quantitative estimate of drug-likeness (QED) is 0.846. The third-order valence-electron chi connectivity index (χ3n) is 4.29. The maximum Gasteiger partial charge on any atom is 0.307 e. The zero-order valence-corrected chi connectivity index (χ0v) is 12.9. The number of amides is 1. The van der Waals surface area contributed by atoms with Crippen LogP contribution in [0.1, 0.15) is 36.8 Å². The predicted molar refractivity (Wildman–Crippen MR) is 82.1 cm³/mol. The number of methoxy groups -OCH3 is 1. The molecule has 0 aromatic heterocycles. The first-order valence-electron chi connectivity index (χ1n) is 7.69. The summed E-state index contributed by atoms with van der Waals surface area (Å²) in [7, 11) is 1.63. The van der Waals surface area contributed by atoms with Crippen molar-refractivity contribution in [1.82, 2.24) is 5.32 Å². The first kappa shape index (κ1) is 16.5. The van der Waals surface area contributed by atoms with E-state index in [-0.39, 0.29) is 5.91 Å². The van der Waals surface area contributed by atoms with Crippen molar-refractivity contribution in [2.45, 2.75) is 38.8 Å². The van der Waals surface area contributed by atoms with Crippen molar-refractivity contribution in [2.75, 3.05) is 7.11 Å².